The van der Waals surface area contributed by atoms with E-state index in [1.54, 1.807) is 0 Å². The number of nitrogens with zero attached hydrogens (tertiary/aromatic N) is 7. The molecule has 0 bridgehead atoms. The molecule has 2 N–H and O–H groups in total. The van der Waals surface area contributed by atoms with E-state index in [0.717, 1.165) is 49.0 Å². The molecule has 4 heterocycles. The average molecular weight is 421 g/mol. The molecule has 0 unspecified atom stereocenters. The predicted molar refractivity (Wildman–Crippen MR) is 113 cm³/mol. The maximum Gasteiger partial charge on any atom is 0.349 e. The third-order valence-electron chi connectivity index (χ3n) is 6.14. The van der Waals surface area contributed by atoms with Crippen molar-refractivity contribution in [3.8, 4) is 11.5 Å². The van der Waals surface area contributed by atoms with E-state index in [0.29, 0.717) is 29.8 Å². The van der Waals surface area contributed by atoms with Gasteiger partial charge in [-0.05, 0) is 56.5 Å². The number of hydrogen-bond donors (Lipinski definition) is 2. The molecule has 1 fully saturated rings. The van der Waals surface area contributed by atoms with Gasteiger partial charge in [-0.1, -0.05) is 5.21 Å². The minimum Gasteiger partial charge on any atom is -0.321 e. The summed E-state index contributed by atoms with van der Waals surface area (Å²) in [6, 6.07) is 4.35. The van der Waals surface area contributed by atoms with Crippen LogP contribution in [0.3, 0.4) is 0 Å². The van der Waals surface area contributed by atoms with E-state index < -0.39 is 11.2 Å². The fourth-order valence-electron chi connectivity index (χ4n) is 4.41. The van der Waals surface area contributed by atoms with Crippen molar-refractivity contribution in [2.75, 3.05) is 13.1 Å². The first-order chi connectivity index (χ1) is 15.0. The van der Waals surface area contributed by atoms with Crippen LogP contribution in [0.1, 0.15) is 29.8 Å². The highest BCUT2D eigenvalue weighted by Crippen LogP contribution is 2.25. The van der Waals surface area contributed by atoms with E-state index in [1.165, 1.54) is 0 Å². The van der Waals surface area contributed by atoms with Gasteiger partial charge >= 0.3 is 5.69 Å². The number of tetrazole rings is 1. The van der Waals surface area contributed by atoms with Gasteiger partial charge in [-0.2, -0.15) is 10.2 Å². The van der Waals surface area contributed by atoms with Crippen molar-refractivity contribution >= 4 is 11.0 Å². The molecule has 5 rings (SSSR count). The van der Waals surface area contributed by atoms with Crippen molar-refractivity contribution in [1.82, 2.24) is 45.0 Å². The molecule has 0 radical (unpaired) electrons. The number of H-pyrrole nitrogens is 2. The van der Waals surface area contributed by atoms with E-state index >= 15 is 0 Å². The first kappa shape index (κ1) is 19.5. The van der Waals surface area contributed by atoms with Gasteiger partial charge in [-0.3, -0.25) is 14.7 Å². The SMILES string of the molecule is Cc1cc2nc3c(=O)[nH]c(=O)nc-3n(CCN3CCC[C@@H]3Cc3nn[nH]n3)c2cc1C. The molecule has 0 amide bonds. The van der Waals surface area contributed by atoms with E-state index in [2.05, 4.69) is 40.5 Å². The van der Waals surface area contributed by atoms with Crippen molar-refractivity contribution in [3.05, 3.63) is 49.9 Å². The number of rotatable bonds is 5. The highest BCUT2D eigenvalue weighted by molar-refractivity contribution is 5.81. The van der Waals surface area contributed by atoms with Crippen molar-refractivity contribution < 1.29 is 0 Å². The molecule has 2 aromatic rings. The van der Waals surface area contributed by atoms with E-state index in [4.69, 9.17) is 0 Å². The second-order valence-corrected chi connectivity index (χ2v) is 8.10. The molecule has 31 heavy (non-hydrogen) atoms. The van der Waals surface area contributed by atoms with Crippen LogP contribution in [0.2, 0.25) is 0 Å². The van der Waals surface area contributed by atoms with Crippen molar-refractivity contribution in [2.24, 2.45) is 0 Å². The largest absolute Gasteiger partial charge is 0.349 e. The summed E-state index contributed by atoms with van der Waals surface area (Å²) in [5, 5.41) is 14.3. The Morgan fingerprint density at radius 2 is 1.97 bits per heavy atom. The number of aromatic nitrogens is 8. The molecule has 0 spiro atoms. The van der Waals surface area contributed by atoms with Gasteiger partial charge in [0.2, 0.25) is 0 Å². The molecular weight excluding hydrogens is 398 g/mol. The molecule has 1 atom stereocenters. The van der Waals surface area contributed by atoms with E-state index in [1.807, 2.05) is 30.5 Å². The lowest BCUT2D eigenvalue weighted by Crippen LogP contribution is -2.35. The molecule has 3 aliphatic heterocycles. The Morgan fingerprint density at radius 3 is 2.77 bits per heavy atom. The molecule has 3 aliphatic rings. The summed E-state index contributed by atoms with van der Waals surface area (Å²) < 4.78 is 1.95. The molecule has 11 heteroatoms. The number of fused-ring (bicyclic) bond motifs is 2. The zero-order chi connectivity index (χ0) is 21.5. The summed E-state index contributed by atoms with van der Waals surface area (Å²) in [6.07, 6.45) is 2.91. The highest BCUT2D eigenvalue weighted by Gasteiger charge is 2.27. The molecule has 0 saturated carbocycles. The summed E-state index contributed by atoms with van der Waals surface area (Å²) in [6.45, 7) is 6.35. The van der Waals surface area contributed by atoms with Crippen molar-refractivity contribution in [1.29, 1.82) is 0 Å². The van der Waals surface area contributed by atoms with Crippen LogP contribution >= 0.6 is 0 Å². The van der Waals surface area contributed by atoms with Crippen LogP contribution in [0.4, 0.5) is 0 Å². The molecule has 0 aliphatic carbocycles. The van der Waals surface area contributed by atoms with Crippen LogP contribution in [-0.2, 0) is 13.0 Å². The normalized spacial score (nSPS) is 17.2. The average Bonchev–Trinajstić information content (AvgIpc) is 3.40. The smallest absolute Gasteiger partial charge is 0.321 e. The van der Waals surface area contributed by atoms with Crippen molar-refractivity contribution in [2.45, 2.75) is 45.7 Å². The highest BCUT2D eigenvalue weighted by atomic mass is 16.2. The van der Waals surface area contributed by atoms with Gasteiger partial charge < -0.3 is 4.57 Å². The Labute approximate surface area is 176 Å². The number of hydrogen-bond acceptors (Lipinski definition) is 8. The zero-order valence-corrected chi connectivity index (χ0v) is 17.4. The Bertz CT molecular complexity index is 1330. The second-order valence-electron chi connectivity index (χ2n) is 8.10. The quantitative estimate of drug-likeness (QED) is 0.442. The van der Waals surface area contributed by atoms with Crippen LogP contribution in [0.15, 0.2) is 21.7 Å². The topological polar surface area (TPSA) is 138 Å². The third-order valence-corrected chi connectivity index (χ3v) is 6.14. The van der Waals surface area contributed by atoms with E-state index in [9.17, 15) is 9.59 Å². The lowest BCUT2D eigenvalue weighted by atomic mass is 10.1. The van der Waals surface area contributed by atoms with Gasteiger partial charge in [0.1, 0.15) is 0 Å². The van der Waals surface area contributed by atoms with Crippen LogP contribution in [0.5, 0.6) is 0 Å². The zero-order valence-electron chi connectivity index (χ0n) is 17.4. The molecule has 1 saturated heterocycles. The molecule has 1 aromatic heterocycles. The number of aromatic amines is 2. The van der Waals surface area contributed by atoms with Gasteiger partial charge in [0, 0.05) is 25.6 Å². The van der Waals surface area contributed by atoms with Crippen LogP contribution in [-0.4, -0.2) is 64.2 Å². The summed E-state index contributed by atoms with van der Waals surface area (Å²) >= 11 is 0. The van der Waals surface area contributed by atoms with Gasteiger partial charge in [0.15, 0.2) is 17.3 Å². The van der Waals surface area contributed by atoms with Gasteiger partial charge in [-0.15, -0.1) is 10.2 Å². The minimum atomic E-state index is -0.660. The first-order valence-corrected chi connectivity index (χ1v) is 10.4. The van der Waals surface area contributed by atoms with Crippen LogP contribution in [0.25, 0.3) is 22.6 Å². The molecule has 1 aromatic carbocycles. The molecule has 160 valence electrons. The van der Waals surface area contributed by atoms with Gasteiger partial charge in [0.05, 0.1) is 11.0 Å². The molecular formula is C20H23N9O2. The predicted octanol–water partition coefficient (Wildman–Crippen LogP) is 0.422. The maximum atomic E-state index is 12.4. The van der Waals surface area contributed by atoms with Crippen molar-refractivity contribution in [3.63, 3.8) is 0 Å². The third kappa shape index (κ3) is 3.61. The fraction of sp³-hybridized carbons (Fsp3) is 0.450. The van der Waals surface area contributed by atoms with E-state index in [-0.39, 0.29) is 5.69 Å². The first-order valence-electron chi connectivity index (χ1n) is 10.4. The second kappa shape index (κ2) is 7.65. The monoisotopic (exact) mass is 421 g/mol. The maximum absolute atomic E-state index is 12.4. The number of benzene rings is 1. The fourth-order valence-corrected chi connectivity index (χ4v) is 4.41. The van der Waals surface area contributed by atoms with Crippen LogP contribution < -0.4 is 11.2 Å². The summed E-state index contributed by atoms with van der Waals surface area (Å²) in [5.41, 5.74) is 2.79. The van der Waals surface area contributed by atoms with Gasteiger partial charge in [-0.25, -0.2) is 9.78 Å². The van der Waals surface area contributed by atoms with Crippen LogP contribution in [0, 0.1) is 13.8 Å². The molecule has 11 nitrogen and oxygen atoms in total. The Hall–Kier alpha value is -3.47. The Kier molecular flexibility index (Phi) is 4.81. The Balaban J connectivity index is 1.53. The lowest BCUT2D eigenvalue weighted by molar-refractivity contribution is 0.241. The standard InChI is InChI=1S/C20H23N9O2/c1-11-8-14-15(9-12(11)2)29(18-17(21-14)19(30)23-20(31)22-18)7-6-28-5-3-4-13(28)10-16-24-26-27-25-16/h8-9,13H,3-7,10H2,1-2H3,(H,23,30,31)(H,24,25,26,27)/t13-/m1/s1. The summed E-state index contributed by atoms with van der Waals surface area (Å²) in [7, 11) is 0. The number of likely N-dealkylation sites (tertiary alicyclic amines) is 1. The minimum absolute atomic E-state index is 0.181. The number of aryl methyl sites for hydroxylation is 2. The Morgan fingerprint density at radius 1 is 1.13 bits per heavy atom. The number of nitrogens with one attached hydrogen (secondary N) is 2. The summed E-state index contributed by atoms with van der Waals surface area (Å²) in [4.78, 5) is 37.6. The van der Waals surface area contributed by atoms with Gasteiger partial charge in [0.25, 0.3) is 5.56 Å². The lowest BCUT2D eigenvalue weighted by Gasteiger charge is -2.25. The summed E-state index contributed by atoms with van der Waals surface area (Å²) in [5.74, 6) is 1.03.